The van der Waals surface area contributed by atoms with E-state index in [4.69, 9.17) is 4.98 Å². The summed E-state index contributed by atoms with van der Waals surface area (Å²) in [7, 11) is 0. The van der Waals surface area contributed by atoms with E-state index in [0.717, 1.165) is 27.9 Å². The van der Waals surface area contributed by atoms with E-state index in [0.29, 0.717) is 0 Å². The van der Waals surface area contributed by atoms with Gasteiger partial charge in [-0.2, -0.15) is 0 Å². The van der Waals surface area contributed by atoms with Gasteiger partial charge in [0.15, 0.2) is 5.65 Å². The zero-order valence-corrected chi connectivity index (χ0v) is 26.8. The van der Waals surface area contributed by atoms with Crippen molar-refractivity contribution in [1.29, 1.82) is 0 Å². The number of rotatable bonds is 4. The molecule has 10 rings (SSSR count). The van der Waals surface area contributed by atoms with Crippen LogP contribution in [0.5, 0.6) is 0 Å². The van der Waals surface area contributed by atoms with E-state index in [2.05, 4.69) is 174 Å². The number of aromatic nitrogens is 2. The SMILES string of the molecule is c1ccc(-c2cc(-c3ccccc3)cc(-c3ccc(-c4cc5c(sc6ccc7ccccc7c65)c5nc6ccccc6n45)cc3)c2)cc1. The Morgan fingerprint density at radius 2 is 1.02 bits per heavy atom. The molecule has 0 amide bonds. The van der Waals surface area contributed by atoms with Crippen LogP contribution in [0.2, 0.25) is 0 Å². The lowest BCUT2D eigenvalue weighted by Gasteiger charge is -2.13. The zero-order chi connectivity index (χ0) is 31.6. The zero-order valence-electron chi connectivity index (χ0n) is 26.0. The largest absolute Gasteiger partial charge is 0.291 e. The molecule has 48 heavy (non-hydrogen) atoms. The van der Waals surface area contributed by atoms with Crippen LogP contribution in [0.15, 0.2) is 170 Å². The van der Waals surface area contributed by atoms with Crippen molar-refractivity contribution in [2.75, 3.05) is 0 Å². The molecule has 0 saturated heterocycles. The number of para-hydroxylation sites is 2. The summed E-state index contributed by atoms with van der Waals surface area (Å²) >= 11 is 1.84. The van der Waals surface area contributed by atoms with Crippen LogP contribution in [0.3, 0.4) is 0 Å². The third-order valence-electron chi connectivity index (χ3n) is 9.56. The highest BCUT2D eigenvalue weighted by atomic mass is 32.1. The molecular formula is C45H28N2S. The summed E-state index contributed by atoms with van der Waals surface area (Å²) in [5.74, 6) is 0. The molecule has 0 fully saturated rings. The van der Waals surface area contributed by atoms with Gasteiger partial charge in [-0.25, -0.2) is 4.98 Å². The molecule has 0 atom stereocenters. The molecule has 224 valence electrons. The van der Waals surface area contributed by atoms with Crippen LogP contribution < -0.4 is 0 Å². The lowest BCUT2D eigenvalue weighted by Crippen LogP contribution is -1.93. The number of nitrogens with zero attached hydrogens (tertiary/aromatic N) is 2. The monoisotopic (exact) mass is 628 g/mol. The molecule has 10 aromatic rings. The van der Waals surface area contributed by atoms with Crippen molar-refractivity contribution in [2.24, 2.45) is 0 Å². The van der Waals surface area contributed by atoms with Gasteiger partial charge in [-0.3, -0.25) is 4.40 Å². The molecule has 3 heterocycles. The van der Waals surface area contributed by atoms with Crippen molar-refractivity contribution in [3.63, 3.8) is 0 Å². The van der Waals surface area contributed by atoms with Gasteiger partial charge in [-0.05, 0) is 92.2 Å². The van der Waals surface area contributed by atoms with E-state index < -0.39 is 0 Å². The van der Waals surface area contributed by atoms with E-state index in [1.807, 2.05) is 11.3 Å². The number of fused-ring (bicyclic) bond motifs is 9. The van der Waals surface area contributed by atoms with E-state index in [9.17, 15) is 0 Å². The van der Waals surface area contributed by atoms with E-state index >= 15 is 0 Å². The maximum atomic E-state index is 5.22. The predicted octanol–water partition coefficient (Wildman–Crippen LogP) is 12.7. The summed E-state index contributed by atoms with van der Waals surface area (Å²) < 4.78 is 4.87. The van der Waals surface area contributed by atoms with Gasteiger partial charge in [0.25, 0.3) is 0 Å². The molecule has 3 heteroatoms. The first kappa shape index (κ1) is 27.1. The highest BCUT2D eigenvalue weighted by Gasteiger charge is 2.19. The van der Waals surface area contributed by atoms with Gasteiger partial charge < -0.3 is 0 Å². The molecule has 0 saturated carbocycles. The highest BCUT2D eigenvalue weighted by Crippen LogP contribution is 2.43. The van der Waals surface area contributed by atoms with Crippen LogP contribution in [0.4, 0.5) is 0 Å². The average molecular weight is 629 g/mol. The summed E-state index contributed by atoms with van der Waals surface area (Å²) in [6.07, 6.45) is 0. The van der Waals surface area contributed by atoms with Gasteiger partial charge in [0.2, 0.25) is 0 Å². The first-order chi connectivity index (χ1) is 23.8. The fourth-order valence-electron chi connectivity index (χ4n) is 7.25. The Balaban J connectivity index is 1.19. The minimum Gasteiger partial charge on any atom is -0.291 e. The Morgan fingerprint density at radius 1 is 0.438 bits per heavy atom. The summed E-state index contributed by atoms with van der Waals surface area (Å²) in [6, 6.07) is 61.4. The molecular weight excluding hydrogens is 601 g/mol. The first-order valence-electron chi connectivity index (χ1n) is 16.3. The molecule has 0 N–H and O–H groups in total. The second-order valence-corrected chi connectivity index (χ2v) is 13.5. The van der Waals surface area contributed by atoms with Crippen molar-refractivity contribution in [1.82, 2.24) is 9.38 Å². The lowest BCUT2D eigenvalue weighted by atomic mass is 9.93. The summed E-state index contributed by atoms with van der Waals surface area (Å²) in [5.41, 5.74) is 12.7. The smallest absolute Gasteiger partial charge is 0.156 e. The van der Waals surface area contributed by atoms with Gasteiger partial charge in [0, 0.05) is 15.5 Å². The number of imidazole rings is 1. The van der Waals surface area contributed by atoms with Gasteiger partial charge in [0.1, 0.15) is 0 Å². The summed E-state index contributed by atoms with van der Waals surface area (Å²) in [4.78, 5) is 5.22. The van der Waals surface area contributed by atoms with Gasteiger partial charge in [-0.15, -0.1) is 11.3 Å². The summed E-state index contributed by atoms with van der Waals surface area (Å²) in [6.45, 7) is 0. The van der Waals surface area contributed by atoms with Crippen LogP contribution in [0, 0.1) is 0 Å². The highest BCUT2D eigenvalue weighted by molar-refractivity contribution is 7.26. The first-order valence-corrected chi connectivity index (χ1v) is 17.1. The maximum absolute atomic E-state index is 5.22. The molecule has 0 radical (unpaired) electrons. The van der Waals surface area contributed by atoms with Crippen LogP contribution in [0.1, 0.15) is 0 Å². The quantitative estimate of drug-likeness (QED) is 0.190. The number of hydrogen-bond acceptors (Lipinski definition) is 2. The topological polar surface area (TPSA) is 17.3 Å². The van der Waals surface area contributed by atoms with Crippen molar-refractivity contribution in [2.45, 2.75) is 0 Å². The summed E-state index contributed by atoms with van der Waals surface area (Å²) in [5, 5.41) is 5.12. The molecule has 0 aliphatic rings. The fraction of sp³-hybridized carbons (Fsp3) is 0. The van der Waals surface area contributed by atoms with Crippen LogP contribution in [-0.4, -0.2) is 9.38 Å². The number of hydrogen-bond donors (Lipinski definition) is 0. The molecule has 0 unspecified atom stereocenters. The van der Waals surface area contributed by atoms with Gasteiger partial charge in [-0.1, -0.05) is 127 Å². The minimum atomic E-state index is 1.01. The second-order valence-electron chi connectivity index (χ2n) is 12.4. The molecule has 7 aromatic carbocycles. The standard InChI is InChI=1S/C45H28N2S/c1-3-11-29(12-4-1)34-25-35(30-13-5-2-6-14-30)27-36(26-34)31-19-21-33(22-20-31)41-28-38-43-37-16-8-7-15-32(37)23-24-42(43)48-44(38)45-46-39-17-9-10-18-40(39)47(41)45/h1-28H. The lowest BCUT2D eigenvalue weighted by molar-refractivity contribution is 1.25. The Hall–Kier alpha value is -6.03. The third-order valence-corrected chi connectivity index (χ3v) is 10.7. The maximum Gasteiger partial charge on any atom is 0.156 e. The average Bonchev–Trinajstić information content (AvgIpc) is 3.74. The number of benzene rings is 7. The van der Waals surface area contributed by atoms with Crippen molar-refractivity contribution >= 4 is 59.0 Å². The Labute approximate surface area is 281 Å². The molecule has 3 aromatic heterocycles. The number of pyridine rings is 1. The Morgan fingerprint density at radius 3 is 1.73 bits per heavy atom. The molecule has 2 nitrogen and oxygen atoms in total. The normalized spacial score (nSPS) is 11.8. The van der Waals surface area contributed by atoms with E-state index in [-0.39, 0.29) is 0 Å². The molecule has 0 bridgehead atoms. The molecule has 0 aliphatic heterocycles. The molecule has 0 aliphatic carbocycles. The fourth-order valence-corrected chi connectivity index (χ4v) is 8.43. The van der Waals surface area contributed by atoms with Gasteiger partial charge in [0.05, 0.1) is 21.4 Å². The minimum absolute atomic E-state index is 1.01. The van der Waals surface area contributed by atoms with Crippen molar-refractivity contribution < 1.29 is 0 Å². The second kappa shape index (κ2) is 10.8. The molecule has 0 spiro atoms. The Bertz CT molecular complexity index is 2750. The van der Waals surface area contributed by atoms with Crippen LogP contribution in [-0.2, 0) is 0 Å². The van der Waals surface area contributed by atoms with E-state index in [1.165, 1.54) is 64.3 Å². The third kappa shape index (κ3) is 4.29. The Kier molecular flexibility index (Phi) is 6.08. The van der Waals surface area contributed by atoms with Crippen molar-refractivity contribution in [3.8, 4) is 44.6 Å². The van der Waals surface area contributed by atoms with Crippen molar-refractivity contribution in [3.05, 3.63) is 170 Å². The van der Waals surface area contributed by atoms with Crippen LogP contribution in [0.25, 0.3) is 92.3 Å². The van der Waals surface area contributed by atoms with Crippen LogP contribution >= 0.6 is 11.3 Å². The number of thiophene rings is 1. The predicted molar refractivity (Wildman–Crippen MR) is 205 cm³/mol. The van der Waals surface area contributed by atoms with E-state index in [1.54, 1.807) is 0 Å². The van der Waals surface area contributed by atoms with Gasteiger partial charge >= 0.3 is 0 Å².